The molecule has 144 valence electrons. The quantitative estimate of drug-likeness (QED) is 0.717. The van der Waals surface area contributed by atoms with Crippen molar-refractivity contribution in [3.8, 4) is 11.1 Å². The maximum atomic E-state index is 14.5. The Bertz CT molecular complexity index is 862. The Hall–Kier alpha value is -2.44. The number of carbonyl (C=O) groups is 1. The van der Waals surface area contributed by atoms with Crippen LogP contribution in [0, 0.1) is 5.82 Å². The zero-order valence-corrected chi connectivity index (χ0v) is 15.1. The monoisotopic (exact) mass is 380 g/mol. The van der Waals surface area contributed by atoms with Crippen molar-refractivity contribution in [2.24, 2.45) is 0 Å². The topological polar surface area (TPSA) is 33.2 Å². The van der Waals surface area contributed by atoms with Crippen LogP contribution in [-0.2, 0) is 17.4 Å². The number of halogens is 4. The fraction of sp³-hybridized carbons (Fsp3) is 0.400. The van der Waals surface area contributed by atoms with Gasteiger partial charge in [0.15, 0.2) is 0 Å². The van der Waals surface area contributed by atoms with Gasteiger partial charge in [-0.05, 0) is 48.4 Å². The lowest BCUT2D eigenvalue weighted by molar-refractivity contribution is -0.137. The SMILES string of the molecule is CN(C)C(=O)CC1CCCc2c(-c3ccc(C(F)(F)F)cc3F)cncc21. The number of fused-ring (bicyclic) bond motifs is 1. The summed E-state index contributed by atoms with van der Waals surface area (Å²) in [5.74, 6) is -0.945. The Morgan fingerprint density at radius 2 is 1.96 bits per heavy atom. The third-order valence-electron chi connectivity index (χ3n) is 5.02. The highest BCUT2D eigenvalue weighted by Crippen LogP contribution is 2.40. The lowest BCUT2D eigenvalue weighted by Crippen LogP contribution is -2.25. The van der Waals surface area contributed by atoms with Crippen LogP contribution in [0.2, 0.25) is 0 Å². The summed E-state index contributed by atoms with van der Waals surface area (Å²) in [5, 5.41) is 0. The average Bonchev–Trinajstić information content (AvgIpc) is 2.60. The molecule has 1 unspecified atom stereocenters. The molecule has 0 bridgehead atoms. The van der Waals surface area contributed by atoms with Gasteiger partial charge < -0.3 is 4.90 Å². The van der Waals surface area contributed by atoms with Crippen LogP contribution < -0.4 is 0 Å². The lowest BCUT2D eigenvalue weighted by atomic mass is 9.79. The minimum absolute atomic E-state index is 0.000960. The largest absolute Gasteiger partial charge is 0.416 e. The van der Waals surface area contributed by atoms with E-state index in [1.54, 1.807) is 20.3 Å². The molecule has 3 rings (SSSR count). The molecule has 1 aromatic carbocycles. The maximum Gasteiger partial charge on any atom is 0.416 e. The summed E-state index contributed by atoms with van der Waals surface area (Å²) in [6, 6.07) is 2.56. The zero-order chi connectivity index (χ0) is 19.8. The first-order valence-corrected chi connectivity index (χ1v) is 8.72. The third-order valence-corrected chi connectivity index (χ3v) is 5.02. The van der Waals surface area contributed by atoms with Crippen molar-refractivity contribution >= 4 is 5.91 Å². The van der Waals surface area contributed by atoms with Crippen LogP contribution in [0.3, 0.4) is 0 Å². The van der Waals surface area contributed by atoms with Gasteiger partial charge in [0.2, 0.25) is 5.91 Å². The van der Waals surface area contributed by atoms with Gasteiger partial charge in [-0.25, -0.2) is 4.39 Å². The number of nitrogens with zero attached hydrogens (tertiary/aromatic N) is 2. The summed E-state index contributed by atoms with van der Waals surface area (Å²) in [7, 11) is 3.39. The molecule has 1 aliphatic rings. The second kappa shape index (κ2) is 7.29. The highest BCUT2D eigenvalue weighted by atomic mass is 19.4. The Morgan fingerprint density at radius 1 is 1.22 bits per heavy atom. The van der Waals surface area contributed by atoms with E-state index in [4.69, 9.17) is 0 Å². The molecule has 27 heavy (non-hydrogen) atoms. The summed E-state index contributed by atoms with van der Waals surface area (Å²) >= 11 is 0. The summed E-state index contributed by atoms with van der Waals surface area (Å²) in [4.78, 5) is 17.8. The Balaban J connectivity index is 2.01. The predicted octanol–water partition coefficient (Wildman–Crippen LogP) is 4.80. The highest BCUT2D eigenvalue weighted by molar-refractivity contribution is 5.77. The normalized spacial score (nSPS) is 16.7. The highest BCUT2D eigenvalue weighted by Gasteiger charge is 2.32. The van der Waals surface area contributed by atoms with E-state index in [0.717, 1.165) is 36.1 Å². The molecule has 0 radical (unpaired) electrons. The van der Waals surface area contributed by atoms with Crippen molar-refractivity contribution in [2.75, 3.05) is 14.1 Å². The van der Waals surface area contributed by atoms with Gasteiger partial charge in [0, 0.05) is 44.0 Å². The van der Waals surface area contributed by atoms with Crippen LogP contribution in [0.1, 0.15) is 41.9 Å². The van der Waals surface area contributed by atoms with E-state index in [9.17, 15) is 22.4 Å². The molecule has 0 fully saturated rings. The van der Waals surface area contributed by atoms with E-state index < -0.39 is 17.6 Å². The fourth-order valence-corrected chi connectivity index (χ4v) is 3.56. The maximum absolute atomic E-state index is 14.5. The first kappa shape index (κ1) is 19.3. The Kier molecular flexibility index (Phi) is 5.22. The molecule has 1 aliphatic carbocycles. The van der Waals surface area contributed by atoms with E-state index in [1.165, 1.54) is 11.1 Å². The Morgan fingerprint density at radius 3 is 2.59 bits per heavy atom. The van der Waals surface area contributed by atoms with Crippen molar-refractivity contribution < 1.29 is 22.4 Å². The van der Waals surface area contributed by atoms with Gasteiger partial charge in [-0.3, -0.25) is 9.78 Å². The standard InChI is InChI=1S/C20H20F4N2O/c1-26(2)19(27)8-12-4-3-5-14-16(12)10-25-11-17(14)15-7-6-13(9-18(15)21)20(22,23)24/h6-7,9-12H,3-5,8H2,1-2H3. The molecule has 7 heteroatoms. The van der Waals surface area contributed by atoms with E-state index in [0.29, 0.717) is 24.5 Å². The molecule has 0 aliphatic heterocycles. The number of pyridine rings is 1. The van der Waals surface area contributed by atoms with Crippen molar-refractivity contribution in [2.45, 2.75) is 37.8 Å². The second-order valence-electron chi connectivity index (χ2n) is 7.03. The van der Waals surface area contributed by atoms with Crippen molar-refractivity contribution in [1.29, 1.82) is 0 Å². The average molecular weight is 380 g/mol. The van der Waals surface area contributed by atoms with Crippen LogP contribution in [0.5, 0.6) is 0 Å². The lowest BCUT2D eigenvalue weighted by Gasteiger charge is -2.27. The van der Waals surface area contributed by atoms with E-state index in [2.05, 4.69) is 4.98 Å². The molecular weight excluding hydrogens is 360 g/mol. The summed E-state index contributed by atoms with van der Waals surface area (Å²) in [5.41, 5.74) is 1.34. The van der Waals surface area contributed by atoms with Crippen LogP contribution in [-0.4, -0.2) is 29.9 Å². The van der Waals surface area contributed by atoms with Gasteiger partial charge in [-0.2, -0.15) is 13.2 Å². The molecule has 3 nitrogen and oxygen atoms in total. The van der Waals surface area contributed by atoms with Crippen LogP contribution in [0.4, 0.5) is 17.6 Å². The van der Waals surface area contributed by atoms with Gasteiger partial charge in [-0.1, -0.05) is 6.07 Å². The summed E-state index contributed by atoms with van der Waals surface area (Å²) in [6.45, 7) is 0. The van der Waals surface area contributed by atoms with Crippen LogP contribution in [0.25, 0.3) is 11.1 Å². The van der Waals surface area contributed by atoms with Gasteiger partial charge in [-0.15, -0.1) is 0 Å². The first-order valence-electron chi connectivity index (χ1n) is 8.72. The number of alkyl halides is 3. The smallest absolute Gasteiger partial charge is 0.349 e. The third kappa shape index (κ3) is 3.96. The summed E-state index contributed by atoms with van der Waals surface area (Å²) in [6.07, 6.45) is 1.26. The van der Waals surface area contributed by atoms with E-state index in [-0.39, 0.29) is 17.4 Å². The number of hydrogen-bond acceptors (Lipinski definition) is 2. The molecule has 0 saturated carbocycles. The number of amides is 1. The molecule has 1 aromatic heterocycles. The van der Waals surface area contributed by atoms with Crippen LogP contribution >= 0.6 is 0 Å². The Labute approximate surface area is 155 Å². The van der Waals surface area contributed by atoms with Crippen molar-refractivity contribution in [1.82, 2.24) is 9.88 Å². The van der Waals surface area contributed by atoms with E-state index in [1.807, 2.05) is 0 Å². The minimum atomic E-state index is -4.59. The molecular formula is C20H20F4N2O. The molecule has 1 heterocycles. The molecule has 0 N–H and O–H groups in total. The molecule has 1 atom stereocenters. The van der Waals surface area contributed by atoms with Crippen LogP contribution in [0.15, 0.2) is 30.6 Å². The molecule has 2 aromatic rings. The van der Waals surface area contributed by atoms with Crippen molar-refractivity contribution in [3.63, 3.8) is 0 Å². The molecule has 0 saturated heterocycles. The summed E-state index contributed by atoms with van der Waals surface area (Å²) < 4.78 is 52.9. The number of hydrogen-bond donors (Lipinski definition) is 0. The number of rotatable bonds is 3. The first-order chi connectivity index (χ1) is 12.7. The predicted molar refractivity (Wildman–Crippen MR) is 93.6 cm³/mol. The fourth-order valence-electron chi connectivity index (χ4n) is 3.56. The van der Waals surface area contributed by atoms with Gasteiger partial charge in [0.25, 0.3) is 0 Å². The number of carbonyl (C=O) groups excluding carboxylic acids is 1. The minimum Gasteiger partial charge on any atom is -0.349 e. The molecule has 0 spiro atoms. The van der Waals surface area contributed by atoms with Gasteiger partial charge in [0.05, 0.1) is 5.56 Å². The zero-order valence-electron chi connectivity index (χ0n) is 15.1. The van der Waals surface area contributed by atoms with E-state index >= 15 is 0 Å². The van der Waals surface area contributed by atoms with Crippen molar-refractivity contribution in [3.05, 3.63) is 53.1 Å². The van der Waals surface area contributed by atoms with Gasteiger partial charge in [0.1, 0.15) is 5.82 Å². The van der Waals surface area contributed by atoms with Gasteiger partial charge >= 0.3 is 6.18 Å². The second-order valence-corrected chi connectivity index (χ2v) is 7.03. The number of benzene rings is 1. The molecule has 1 amide bonds. The number of aromatic nitrogens is 1.